The van der Waals surface area contributed by atoms with Gasteiger partial charge in [-0.15, -0.1) is 0 Å². The van der Waals surface area contributed by atoms with Crippen molar-refractivity contribution < 1.29 is 9.90 Å². The second-order valence-electron chi connectivity index (χ2n) is 5.18. The molecule has 1 aliphatic heterocycles. The van der Waals surface area contributed by atoms with E-state index in [1.807, 2.05) is 13.8 Å². The Kier molecular flexibility index (Phi) is 5.22. The van der Waals surface area contributed by atoms with Gasteiger partial charge in [-0.25, -0.2) is 0 Å². The standard InChI is InChI=1S/C12H24N2O2/c1-8(2)11(7-15)14-12(16)10-6-9(3)4-5-13-10/h8-11,13,15H,4-7H2,1-3H3,(H,14,16). The topological polar surface area (TPSA) is 61.4 Å². The molecule has 3 atom stereocenters. The highest BCUT2D eigenvalue weighted by atomic mass is 16.3. The minimum atomic E-state index is -0.133. The van der Waals surface area contributed by atoms with Gasteiger partial charge < -0.3 is 15.7 Å². The summed E-state index contributed by atoms with van der Waals surface area (Å²) in [6.45, 7) is 7.08. The van der Waals surface area contributed by atoms with Gasteiger partial charge in [0.05, 0.1) is 18.7 Å². The molecule has 0 spiro atoms. The Hall–Kier alpha value is -0.610. The van der Waals surface area contributed by atoms with Crippen LogP contribution in [0.4, 0.5) is 0 Å². The maximum atomic E-state index is 11.9. The smallest absolute Gasteiger partial charge is 0.237 e. The Bertz CT molecular complexity index is 231. The second-order valence-corrected chi connectivity index (χ2v) is 5.18. The van der Waals surface area contributed by atoms with Crippen molar-refractivity contribution >= 4 is 5.91 Å². The van der Waals surface area contributed by atoms with E-state index < -0.39 is 0 Å². The maximum Gasteiger partial charge on any atom is 0.237 e. The van der Waals surface area contributed by atoms with Gasteiger partial charge in [-0.2, -0.15) is 0 Å². The molecule has 1 heterocycles. The van der Waals surface area contributed by atoms with Gasteiger partial charge in [0.15, 0.2) is 0 Å². The number of hydrogen-bond acceptors (Lipinski definition) is 3. The van der Waals surface area contributed by atoms with Gasteiger partial charge in [0, 0.05) is 0 Å². The summed E-state index contributed by atoms with van der Waals surface area (Å²) >= 11 is 0. The van der Waals surface area contributed by atoms with Crippen LogP contribution in [0.3, 0.4) is 0 Å². The number of nitrogens with one attached hydrogen (secondary N) is 2. The van der Waals surface area contributed by atoms with Crippen molar-refractivity contribution in [3.05, 3.63) is 0 Å². The van der Waals surface area contributed by atoms with Crippen LogP contribution in [-0.2, 0) is 4.79 Å². The molecule has 1 saturated heterocycles. The number of piperidine rings is 1. The molecule has 0 aromatic heterocycles. The Morgan fingerprint density at radius 2 is 2.25 bits per heavy atom. The number of hydrogen-bond donors (Lipinski definition) is 3. The zero-order chi connectivity index (χ0) is 12.1. The van der Waals surface area contributed by atoms with E-state index in [1.165, 1.54) is 0 Å². The molecular formula is C12H24N2O2. The van der Waals surface area contributed by atoms with Crippen molar-refractivity contribution in [1.29, 1.82) is 0 Å². The van der Waals surface area contributed by atoms with E-state index in [0.717, 1.165) is 19.4 Å². The molecule has 1 rings (SSSR count). The summed E-state index contributed by atoms with van der Waals surface area (Å²) in [5, 5.41) is 15.3. The van der Waals surface area contributed by atoms with Crippen LogP contribution in [0, 0.1) is 11.8 Å². The SMILES string of the molecule is CC1CCNC(C(=O)NC(CO)C(C)C)C1. The third-order valence-electron chi connectivity index (χ3n) is 3.31. The average molecular weight is 228 g/mol. The van der Waals surface area contributed by atoms with Gasteiger partial charge in [-0.3, -0.25) is 4.79 Å². The van der Waals surface area contributed by atoms with E-state index in [0.29, 0.717) is 5.92 Å². The lowest BCUT2D eigenvalue weighted by Crippen LogP contribution is -2.52. The Morgan fingerprint density at radius 3 is 2.75 bits per heavy atom. The van der Waals surface area contributed by atoms with Crippen LogP contribution in [0.25, 0.3) is 0 Å². The van der Waals surface area contributed by atoms with Crippen molar-refractivity contribution in [3.8, 4) is 0 Å². The summed E-state index contributed by atoms with van der Waals surface area (Å²) in [7, 11) is 0. The van der Waals surface area contributed by atoms with Crippen LogP contribution in [0.5, 0.6) is 0 Å². The largest absolute Gasteiger partial charge is 0.394 e. The molecule has 0 radical (unpaired) electrons. The van der Waals surface area contributed by atoms with Gasteiger partial charge in [0.25, 0.3) is 0 Å². The molecule has 1 aliphatic rings. The molecule has 1 fully saturated rings. The lowest BCUT2D eigenvalue weighted by Gasteiger charge is -2.29. The first-order valence-corrected chi connectivity index (χ1v) is 6.19. The molecule has 0 aromatic rings. The number of rotatable bonds is 4. The fourth-order valence-corrected chi connectivity index (χ4v) is 2.01. The van der Waals surface area contributed by atoms with Gasteiger partial charge in [-0.1, -0.05) is 20.8 Å². The molecule has 0 bridgehead atoms. The van der Waals surface area contributed by atoms with Crippen molar-refractivity contribution in [2.24, 2.45) is 11.8 Å². The number of carbonyl (C=O) groups excluding carboxylic acids is 1. The molecule has 4 nitrogen and oxygen atoms in total. The fourth-order valence-electron chi connectivity index (χ4n) is 2.01. The summed E-state index contributed by atoms with van der Waals surface area (Å²) in [4.78, 5) is 11.9. The van der Waals surface area contributed by atoms with Gasteiger partial charge in [0.1, 0.15) is 0 Å². The summed E-state index contributed by atoms with van der Waals surface area (Å²) < 4.78 is 0. The fraction of sp³-hybridized carbons (Fsp3) is 0.917. The van der Waals surface area contributed by atoms with E-state index in [9.17, 15) is 4.79 Å². The van der Waals surface area contributed by atoms with E-state index >= 15 is 0 Å². The number of carbonyl (C=O) groups is 1. The van der Waals surface area contributed by atoms with E-state index in [4.69, 9.17) is 5.11 Å². The second kappa shape index (κ2) is 6.21. The highest BCUT2D eigenvalue weighted by Gasteiger charge is 2.26. The van der Waals surface area contributed by atoms with Crippen LogP contribution in [-0.4, -0.2) is 36.2 Å². The third-order valence-corrected chi connectivity index (χ3v) is 3.31. The monoisotopic (exact) mass is 228 g/mol. The molecule has 3 N–H and O–H groups in total. The van der Waals surface area contributed by atoms with Crippen molar-refractivity contribution in [2.45, 2.75) is 45.7 Å². The third kappa shape index (κ3) is 3.76. The van der Waals surface area contributed by atoms with Crippen molar-refractivity contribution in [3.63, 3.8) is 0 Å². The van der Waals surface area contributed by atoms with Gasteiger partial charge >= 0.3 is 0 Å². The zero-order valence-corrected chi connectivity index (χ0v) is 10.5. The number of amides is 1. The van der Waals surface area contributed by atoms with Crippen molar-refractivity contribution in [1.82, 2.24) is 10.6 Å². The number of aliphatic hydroxyl groups excluding tert-OH is 1. The Balaban J connectivity index is 2.44. The first-order chi connectivity index (χ1) is 7.54. The predicted octanol–water partition coefficient (Wildman–Crippen LogP) is 0.508. The molecule has 3 unspecified atom stereocenters. The van der Waals surface area contributed by atoms with Crippen LogP contribution in [0.15, 0.2) is 0 Å². The molecule has 0 saturated carbocycles. The summed E-state index contributed by atoms with van der Waals surface area (Å²) in [6.07, 6.45) is 2.03. The van der Waals surface area contributed by atoms with Crippen LogP contribution >= 0.6 is 0 Å². The summed E-state index contributed by atoms with van der Waals surface area (Å²) in [5.41, 5.74) is 0. The maximum absolute atomic E-state index is 11.9. The molecule has 94 valence electrons. The van der Waals surface area contributed by atoms with E-state index in [1.54, 1.807) is 0 Å². The first kappa shape index (κ1) is 13.5. The summed E-state index contributed by atoms with van der Waals surface area (Å²) in [6, 6.07) is -0.219. The molecule has 1 amide bonds. The quantitative estimate of drug-likeness (QED) is 0.657. The molecule has 4 heteroatoms. The summed E-state index contributed by atoms with van der Waals surface area (Å²) in [5.74, 6) is 0.887. The normalized spacial score (nSPS) is 27.8. The van der Waals surface area contributed by atoms with E-state index in [2.05, 4.69) is 17.6 Å². The zero-order valence-electron chi connectivity index (χ0n) is 10.5. The lowest BCUT2D eigenvalue weighted by molar-refractivity contribution is -0.125. The van der Waals surface area contributed by atoms with Gasteiger partial charge in [0.2, 0.25) is 5.91 Å². The first-order valence-electron chi connectivity index (χ1n) is 6.19. The van der Waals surface area contributed by atoms with Gasteiger partial charge in [-0.05, 0) is 31.2 Å². The highest BCUT2D eigenvalue weighted by Crippen LogP contribution is 2.15. The number of aliphatic hydroxyl groups is 1. The molecule has 0 aromatic carbocycles. The Labute approximate surface area is 97.8 Å². The van der Waals surface area contributed by atoms with Crippen molar-refractivity contribution in [2.75, 3.05) is 13.2 Å². The minimum absolute atomic E-state index is 0.00564. The van der Waals surface area contributed by atoms with Crippen LogP contribution in [0.1, 0.15) is 33.6 Å². The molecular weight excluding hydrogens is 204 g/mol. The minimum Gasteiger partial charge on any atom is -0.394 e. The Morgan fingerprint density at radius 1 is 1.56 bits per heavy atom. The van der Waals surface area contributed by atoms with Crippen LogP contribution < -0.4 is 10.6 Å². The van der Waals surface area contributed by atoms with E-state index in [-0.39, 0.29) is 30.5 Å². The average Bonchev–Trinajstić information content (AvgIpc) is 2.25. The molecule has 0 aliphatic carbocycles. The molecule has 16 heavy (non-hydrogen) atoms. The predicted molar refractivity (Wildman–Crippen MR) is 64.0 cm³/mol. The highest BCUT2D eigenvalue weighted by molar-refractivity contribution is 5.82. The van der Waals surface area contributed by atoms with Crippen LogP contribution in [0.2, 0.25) is 0 Å². The lowest BCUT2D eigenvalue weighted by atomic mass is 9.93.